The average Bonchev–Trinajstić information content (AvgIpc) is 3.16. The molecule has 0 saturated carbocycles. The first kappa shape index (κ1) is 20.5. The highest BCUT2D eigenvalue weighted by molar-refractivity contribution is 6.01. The minimum Gasteiger partial charge on any atom is -0.486 e. The number of nitro groups is 1. The summed E-state index contributed by atoms with van der Waals surface area (Å²) in [6.45, 7) is 7.26. The van der Waals surface area contributed by atoms with Crippen molar-refractivity contribution in [2.75, 3.05) is 0 Å². The van der Waals surface area contributed by atoms with Crippen molar-refractivity contribution < 1.29 is 23.6 Å². The van der Waals surface area contributed by atoms with E-state index in [1.807, 2.05) is 20.8 Å². The molecule has 0 atom stereocenters. The van der Waals surface area contributed by atoms with Crippen LogP contribution in [0.1, 0.15) is 47.6 Å². The van der Waals surface area contributed by atoms with E-state index in [1.165, 1.54) is 6.07 Å². The third-order valence-electron chi connectivity index (χ3n) is 5.08. The Bertz CT molecular complexity index is 1200. The SMILES string of the molecule is Cc1cc(-c2nnc(COc3ccc4c(c3C)OC(C)(C)CC4=O)o2)ccc1[N+](=O)[O-]. The van der Waals surface area contributed by atoms with E-state index in [2.05, 4.69) is 10.2 Å². The van der Waals surface area contributed by atoms with E-state index >= 15 is 0 Å². The third-order valence-corrected chi connectivity index (χ3v) is 5.08. The minimum atomic E-state index is -0.572. The first-order valence-corrected chi connectivity index (χ1v) is 9.71. The molecule has 0 amide bonds. The standard InChI is InChI=1S/C22H21N3O6/c1-12-9-14(5-7-16(12)25(27)28)21-24-23-19(30-21)11-29-18-8-6-15-17(26)10-22(3,4)31-20(15)13(18)2/h5-9H,10-11H2,1-4H3. The van der Waals surface area contributed by atoms with Crippen LogP contribution in [0.15, 0.2) is 34.7 Å². The number of hydrogen-bond donors (Lipinski definition) is 0. The maximum Gasteiger partial charge on any atom is 0.272 e. The molecule has 4 rings (SSSR count). The number of aryl methyl sites for hydroxylation is 1. The zero-order valence-electron chi connectivity index (χ0n) is 17.6. The monoisotopic (exact) mass is 423 g/mol. The number of carbonyl (C=O) groups is 1. The van der Waals surface area contributed by atoms with Crippen LogP contribution in [0, 0.1) is 24.0 Å². The summed E-state index contributed by atoms with van der Waals surface area (Å²) in [6, 6.07) is 8.02. The molecule has 160 valence electrons. The number of hydrogen-bond acceptors (Lipinski definition) is 8. The van der Waals surface area contributed by atoms with Crippen LogP contribution >= 0.6 is 0 Å². The maximum absolute atomic E-state index is 12.4. The lowest BCUT2D eigenvalue weighted by molar-refractivity contribution is -0.385. The predicted molar refractivity (Wildman–Crippen MR) is 110 cm³/mol. The van der Waals surface area contributed by atoms with Gasteiger partial charge < -0.3 is 13.9 Å². The van der Waals surface area contributed by atoms with E-state index in [0.717, 1.165) is 5.56 Å². The van der Waals surface area contributed by atoms with Gasteiger partial charge in [-0.15, -0.1) is 10.2 Å². The van der Waals surface area contributed by atoms with Crippen molar-refractivity contribution >= 4 is 11.5 Å². The Hall–Kier alpha value is -3.75. The van der Waals surface area contributed by atoms with Crippen molar-refractivity contribution in [3.8, 4) is 23.0 Å². The smallest absolute Gasteiger partial charge is 0.272 e. The molecule has 1 aliphatic heterocycles. The Morgan fingerprint density at radius 1 is 1.19 bits per heavy atom. The quantitative estimate of drug-likeness (QED) is 0.432. The topological polar surface area (TPSA) is 118 Å². The number of nitrogens with zero attached hydrogens (tertiary/aromatic N) is 3. The number of fused-ring (bicyclic) bond motifs is 1. The van der Waals surface area contributed by atoms with E-state index in [9.17, 15) is 14.9 Å². The number of benzene rings is 2. The highest BCUT2D eigenvalue weighted by atomic mass is 16.6. The maximum atomic E-state index is 12.4. The minimum absolute atomic E-state index is 0.0237. The fraction of sp³-hybridized carbons (Fsp3) is 0.318. The van der Waals surface area contributed by atoms with Gasteiger partial charge in [-0.3, -0.25) is 14.9 Å². The molecule has 0 N–H and O–H groups in total. The number of rotatable bonds is 5. The van der Waals surface area contributed by atoms with Crippen LogP contribution in [0.2, 0.25) is 0 Å². The zero-order chi connectivity index (χ0) is 22.3. The number of ketones is 1. The van der Waals surface area contributed by atoms with Crippen LogP contribution in [0.4, 0.5) is 5.69 Å². The second kappa shape index (κ2) is 7.50. The molecule has 2 aromatic carbocycles. The molecule has 9 heteroatoms. The van der Waals surface area contributed by atoms with Gasteiger partial charge in [0.15, 0.2) is 12.4 Å². The zero-order valence-corrected chi connectivity index (χ0v) is 17.6. The van der Waals surface area contributed by atoms with Gasteiger partial charge >= 0.3 is 0 Å². The number of aromatic nitrogens is 2. The molecule has 9 nitrogen and oxygen atoms in total. The molecule has 0 saturated heterocycles. The normalized spacial score (nSPS) is 14.6. The second-order valence-corrected chi connectivity index (χ2v) is 8.08. The summed E-state index contributed by atoms with van der Waals surface area (Å²) in [5.74, 6) is 1.62. The molecule has 0 unspecified atom stereocenters. The lowest BCUT2D eigenvalue weighted by Gasteiger charge is -2.33. The van der Waals surface area contributed by atoms with Crippen LogP contribution in [-0.2, 0) is 6.61 Å². The van der Waals surface area contributed by atoms with E-state index in [0.29, 0.717) is 34.6 Å². The summed E-state index contributed by atoms with van der Waals surface area (Å²) >= 11 is 0. The summed E-state index contributed by atoms with van der Waals surface area (Å²) in [5, 5.41) is 19.0. The van der Waals surface area contributed by atoms with Gasteiger partial charge in [0.1, 0.15) is 17.1 Å². The Morgan fingerprint density at radius 3 is 2.68 bits per heavy atom. The van der Waals surface area contributed by atoms with E-state index in [4.69, 9.17) is 13.9 Å². The molecule has 0 aliphatic carbocycles. The van der Waals surface area contributed by atoms with Crippen LogP contribution in [0.5, 0.6) is 11.5 Å². The molecule has 0 fully saturated rings. The number of Topliss-reactive ketones (excluding diaryl/α,β-unsaturated/α-hetero) is 1. The average molecular weight is 423 g/mol. The van der Waals surface area contributed by atoms with Gasteiger partial charge in [0.05, 0.1) is 16.9 Å². The van der Waals surface area contributed by atoms with Crippen molar-refractivity contribution in [3.05, 3.63) is 63.0 Å². The van der Waals surface area contributed by atoms with Crippen molar-refractivity contribution in [2.45, 2.75) is 46.3 Å². The molecule has 1 aliphatic rings. The van der Waals surface area contributed by atoms with Crippen molar-refractivity contribution in [1.82, 2.24) is 10.2 Å². The molecule has 2 heterocycles. The van der Waals surface area contributed by atoms with E-state index in [-0.39, 0.29) is 29.9 Å². The highest BCUT2D eigenvalue weighted by Gasteiger charge is 2.34. The van der Waals surface area contributed by atoms with Gasteiger partial charge in [-0.25, -0.2) is 0 Å². The number of ether oxygens (including phenoxy) is 2. The van der Waals surface area contributed by atoms with Gasteiger partial charge in [0.2, 0.25) is 5.89 Å². The molecule has 0 spiro atoms. The van der Waals surface area contributed by atoms with Crippen molar-refractivity contribution in [1.29, 1.82) is 0 Å². The summed E-state index contributed by atoms with van der Waals surface area (Å²) in [5.41, 5.74) is 1.82. The predicted octanol–water partition coefficient (Wildman–Crippen LogP) is 4.58. The molecular formula is C22H21N3O6. The molecule has 31 heavy (non-hydrogen) atoms. The Morgan fingerprint density at radius 2 is 1.97 bits per heavy atom. The fourth-order valence-electron chi connectivity index (χ4n) is 3.54. The Balaban J connectivity index is 1.51. The first-order valence-electron chi connectivity index (χ1n) is 9.71. The lowest BCUT2D eigenvalue weighted by atomic mass is 9.91. The molecule has 1 aromatic heterocycles. The third kappa shape index (κ3) is 3.98. The van der Waals surface area contributed by atoms with Gasteiger partial charge in [0, 0.05) is 22.8 Å². The molecule has 0 radical (unpaired) electrons. The van der Waals surface area contributed by atoms with E-state index in [1.54, 1.807) is 31.2 Å². The summed E-state index contributed by atoms with van der Waals surface area (Å²) in [4.78, 5) is 22.9. The second-order valence-electron chi connectivity index (χ2n) is 8.08. The van der Waals surface area contributed by atoms with E-state index < -0.39 is 10.5 Å². The summed E-state index contributed by atoms with van der Waals surface area (Å²) in [6.07, 6.45) is 0.326. The van der Waals surface area contributed by atoms with Crippen LogP contribution in [0.25, 0.3) is 11.5 Å². The van der Waals surface area contributed by atoms with Gasteiger partial charge in [-0.2, -0.15) is 0 Å². The van der Waals surface area contributed by atoms with Crippen molar-refractivity contribution in [3.63, 3.8) is 0 Å². The van der Waals surface area contributed by atoms with Crippen molar-refractivity contribution in [2.24, 2.45) is 0 Å². The molecule has 0 bridgehead atoms. The van der Waals surface area contributed by atoms with Gasteiger partial charge in [-0.05, 0) is 52.0 Å². The van der Waals surface area contributed by atoms with Crippen LogP contribution < -0.4 is 9.47 Å². The lowest BCUT2D eigenvalue weighted by Crippen LogP contribution is -2.36. The largest absolute Gasteiger partial charge is 0.486 e. The van der Waals surface area contributed by atoms with Crippen LogP contribution in [-0.4, -0.2) is 26.5 Å². The summed E-state index contributed by atoms with van der Waals surface area (Å²) in [7, 11) is 0. The van der Waals surface area contributed by atoms with Gasteiger partial charge in [0.25, 0.3) is 11.6 Å². The summed E-state index contributed by atoms with van der Waals surface area (Å²) < 4.78 is 17.5. The molecule has 3 aromatic rings. The molecular weight excluding hydrogens is 402 g/mol. The highest BCUT2D eigenvalue weighted by Crippen LogP contribution is 2.39. The van der Waals surface area contributed by atoms with Crippen LogP contribution in [0.3, 0.4) is 0 Å². The number of carbonyl (C=O) groups excluding carboxylic acids is 1. The Kier molecular flexibility index (Phi) is 4.96. The van der Waals surface area contributed by atoms with Gasteiger partial charge in [-0.1, -0.05) is 0 Å². The Labute approximate surface area is 178 Å². The first-order chi connectivity index (χ1) is 14.6. The fourth-order valence-corrected chi connectivity index (χ4v) is 3.54. The number of nitro benzene ring substituents is 1.